The van der Waals surface area contributed by atoms with Gasteiger partial charge in [-0.2, -0.15) is 0 Å². The van der Waals surface area contributed by atoms with E-state index in [2.05, 4.69) is 5.32 Å². The summed E-state index contributed by atoms with van der Waals surface area (Å²) in [5, 5.41) is 12.7. The molecule has 2 amide bonds. The second-order valence-electron chi connectivity index (χ2n) is 7.18. The van der Waals surface area contributed by atoms with Crippen LogP contribution in [0.2, 0.25) is 0 Å². The SMILES string of the molecule is CC(C)(C)OC(=O)N[C@H]1CC(O)CN(C(=O)OCc2ccccc2)C1. The molecule has 1 aromatic rings. The van der Waals surface area contributed by atoms with Crippen LogP contribution in [-0.2, 0) is 16.1 Å². The van der Waals surface area contributed by atoms with E-state index < -0.39 is 23.9 Å². The molecular formula is C18H26N2O5. The molecule has 7 nitrogen and oxygen atoms in total. The fourth-order valence-electron chi connectivity index (χ4n) is 2.61. The summed E-state index contributed by atoms with van der Waals surface area (Å²) in [5.74, 6) is 0. The number of alkyl carbamates (subject to hydrolysis) is 1. The van der Waals surface area contributed by atoms with E-state index in [4.69, 9.17) is 9.47 Å². The Morgan fingerprint density at radius 3 is 2.56 bits per heavy atom. The molecule has 0 radical (unpaired) electrons. The lowest BCUT2D eigenvalue weighted by Gasteiger charge is -2.35. The number of benzene rings is 1. The normalized spacial score (nSPS) is 20.7. The first-order chi connectivity index (χ1) is 11.7. The highest BCUT2D eigenvalue weighted by molar-refractivity contribution is 5.69. The molecule has 1 aliphatic heterocycles. The first-order valence-electron chi connectivity index (χ1n) is 8.36. The van der Waals surface area contributed by atoms with Crippen molar-refractivity contribution in [1.29, 1.82) is 0 Å². The second kappa shape index (κ2) is 8.20. The number of piperidine rings is 1. The van der Waals surface area contributed by atoms with Gasteiger partial charge in [0.25, 0.3) is 0 Å². The van der Waals surface area contributed by atoms with Gasteiger partial charge in [-0.3, -0.25) is 0 Å². The molecule has 0 saturated carbocycles. The van der Waals surface area contributed by atoms with Gasteiger partial charge in [-0.15, -0.1) is 0 Å². The Labute approximate surface area is 147 Å². The lowest BCUT2D eigenvalue weighted by atomic mass is 10.0. The van der Waals surface area contributed by atoms with Crippen molar-refractivity contribution in [1.82, 2.24) is 10.2 Å². The summed E-state index contributed by atoms with van der Waals surface area (Å²) in [6, 6.07) is 8.97. The van der Waals surface area contributed by atoms with Crippen molar-refractivity contribution in [3.8, 4) is 0 Å². The number of hydrogen-bond acceptors (Lipinski definition) is 5. The number of carbonyl (C=O) groups is 2. The largest absolute Gasteiger partial charge is 0.445 e. The molecule has 0 aromatic heterocycles. The zero-order chi connectivity index (χ0) is 18.4. The summed E-state index contributed by atoms with van der Waals surface area (Å²) >= 11 is 0. The standard InChI is InChI=1S/C18H26N2O5/c1-18(2,3)25-16(22)19-14-9-15(21)11-20(10-14)17(23)24-12-13-7-5-4-6-8-13/h4-8,14-15,21H,9-12H2,1-3H3,(H,19,22)/t14-,15?/m0/s1. The Morgan fingerprint density at radius 1 is 1.24 bits per heavy atom. The minimum atomic E-state index is -0.724. The van der Waals surface area contributed by atoms with E-state index >= 15 is 0 Å². The van der Waals surface area contributed by atoms with Gasteiger partial charge >= 0.3 is 12.2 Å². The highest BCUT2D eigenvalue weighted by Gasteiger charge is 2.31. The number of nitrogens with zero attached hydrogens (tertiary/aromatic N) is 1. The van der Waals surface area contributed by atoms with E-state index in [-0.39, 0.29) is 25.7 Å². The van der Waals surface area contributed by atoms with Gasteiger partial charge in [0.05, 0.1) is 18.7 Å². The molecule has 1 unspecified atom stereocenters. The molecule has 1 saturated heterocycles. The van der Waals surface area contributed by atoms with E-state index in [1.165, 1.54) is 4.90 Å². The first kappa shape index (κ1) is 19.1. The number of likely N-dealkylation sites (tertiary alicyclic amines) is 1. The van der Waals surface area contributed by atoms with Gasteiger partial charge in [-0.1, -0.05) is 30.3 Å². The molecule has 0 aliphatic carbocycles. The smallest absolute Gasteiger partial charge is 0.410 e. The number of aliphatic hydroxyl groups is 1. The summed E-state index contributed by atoms with van der Waals surface area (Å²) in [6.07, 6.45) is -1.44. The summed E-state index contributed by atoms with van der Waals surface area (Å²) in [7, 11) is 0. The number of ether oxygens (including phenoxy) is 2. The zero-order valence-electron chi connectivity index (χ0n) is 14.9. The topological polar surface area (TPSA) is 88.1 Å². The van der Waals surface area contributed by atoms with Crippen molar-refractivity contribution in [3.05, 3.63) is 35.9 Å². The van der Waals surface area contributed by atoms with Crippen molar-refractivity contribution in [2.24, 2.45) is 0 Å². The molecule has 0 bridgehead atoms. The van der Waals surface area contributed by atoms with E-state index in [1.54, 1.807) is 20.8 Å². The Hall–Kier alpha value is -2.28. The summed E-state index contributed by atoms with van der Waals surface area (Å²) < 4.78 is 10.5. The first-order valence-corrected chi connectivity index (χ1v) is 8.36. The third kappa shape index (κ3) is 6.62. The maximum Gasteiger partial charge on any atom is 0.410 e. The van der Waals surface area contributed by atoms with Crippen LogP contribution in [0, 0.1) is 0 Å². The monoisotopic (exact) mass is 350 g/mol. The van der Waals surface area contributed by atoms with Gasteiger partial charge in [0.15, 0.2) is 0 Å². The van der Waals surface area contributed by atoms with Crippen molar-refractivity contribution in [2.45, 2.75) is 51.5 Å². The third-order valence-electron chi connectivity index (χ3n) is 3.61. The number of nitrogens with one attached hydrogen (secondary N) is 1. The van der Waals surface area contributed by atoms with Gasteiger partial charge in [-0.05, 0) is 32.8 Å². The number of hydrogen-bond donors (Lipinski definition) is 2. The van der Waals surface area contributed by atoms with Gasteiger partial charge < -0.3 is 24.8 Å². The minimum absolute atomic E-state index is 0.163. The number of β-amino-alcohol motifs (C(OH)–C–C–N with tert-alkyl or cyclic N) is 1. The Morgan fingerprint density at radius 2 is 1.92 bits per heavy atom. The van der Waals surface area contributed by atoms with Crippen molar-refractivity contribution in [2.75, 3.05) is 13.1 Å². The number of carbonyl (C=O) groups excluding carboxylic acids is 2. The molecule has 1 heterocycles. The lowest BCUT2D eigenvalue weighted by molar-refractivity contribution is 0.0234. The quantitative estimate of drug-likeness (QED) is 0.873. The van der Waals surface area contributed by atoms with Gasteiger partial charge in [-0.25, -0.2) is 9.59 Å². The number of amides is 2. The number of aliphatic hydroxyl groups excluding tert-OH is 1. The predicted octanol–water partition coefficient (Wildman–Crippen LogP) is 2.28. The third-order valence-corrected chi connectivity index (χ3v) is 3.61. The molecule has 1 aromatic carbocycles. The van der Waals surface area contributed by atoms with Crippen LogP contribution in [0.1, 0.15) is 32.8 Å². The maximum atomic E-state index is 12.2. The maximum absolute atomic E-state index is 12.2. The summed E-state index contributed by atoms with van der Waals surface area (Å²) in [5.41, 5.74) is 0.280. The van der Waals surface area contributed by atoms with Crippen molar-refractivity contribution >= 4 is 12.2 Å². The molecule has 7 heteroatoms. The Bertz CT molecular complexity index is 585. The predicted molar refractivity (Wildman–Crippen MR) is 92.0 cm³/mol. The van der Waals surface area contributed by atoms with Crippen LogP contribution in [0.5, 0.6) is 0 Å². The molecule has 138 valence electrons. The average Bonchev–Trinajstić information content (AvgIpc) is 2.51. The van der Waals surface area contributed by atoms with Crippen LogP contribution in [0.15, 0.2) is 30.3 Å². The summed E-state index contributed by atoms with van der Waals surface area (Å²) in [6.45, 7) is 5.93. The highest BCUT2D eigenvalue weighted by Crippen LogP contribution is 2.14. The molecule has 0 spiro atoms. The lowest BCUT2D eigenvalue weighted by Crippen LogP contribution is -2.54. The zero-order valence-corrected chi connectivity index (χ0v) is 14.9. The molecule has 2 N–H and O–H groups in total. The van der Waals surface area contributed by atoms with Crippen LogP contribution in [0.25, 0.3) is 0 Å². The van der Waals surface area contributed by atoms with Gasteiger partial charge in [0.2, 0.25) is 0 Å². The van der Waals surface area contributed by atoms with Crippen LogP contribution >= 0.6 is 0 Å². The molecule has 1 aliphatic rings. The minimum Gasteiger partial charge on any atom is -0.445 e. The fourth-order valence-corrected chi connectivity index (χ4v) is 2.61. The van der Waals surface area contributed by atoms with E-state index in [0.717, 1.165) is 5.56 Å². The Kier molecular flexibility index (Phi) is 6.25. The van der Waals surface area contributed by atoms with Crippen LogP contribution in [-0.4, -0.2) is 53.0 Å². The van der Waals surface area contributed by atoms with Crippen LogP contribution in [0.4, 0.5) is 9.59 Å². The summed E-state index contributed by atoms with van der Waals surface area (Å²) in [4.78, 5) is 25.5. The van der Waals surface area contributed by atoms with E-state index in [1.807, 2.05) is 30.3 Å². The van der Waals surface area contributed by atoms with E-state index in [0.29, 0.717) is 6.42 Å². The average molecular weight is 350 g/mol. The van der Waals surface area contributed by atoms with Gasteiger partial charge in [0, 0.05) is 6.54 Å². The van der Waals surface area contributed by atoms with Gasteiger partial charge in [0.1, 0.15) is 12.2 Å². The second-order valence-corrected chi connectivity index (χ2v) is 7.18. The van der Waals surface area contributed by atoms with Crippen LogP contribution < -0.4 is 5.32 Å². The molecule has 2 rings (SSSR count). The van der Waals surface area contributed by atoms with Crippen molar-refractivity contribution < 1.29 is 24.2 Å². The number of rotatable bonds is 3. The Balaban J connectivity index is 1.86. The molecular weight excluding hydrogens is 324 g/mol. The molecule has 1 fully saturated rings. The molecule has 25 heavy (non-hydrogen) atoms. The fraction of sp³-hybridized carbons (Fsp3) is 0.556. The van der Waals surface area contributed by atoms with Crippen molar-refractivity contribution in [3.63, 3.8) is 0 Å². The van der Waals surface area contributed by atoms with E-state index in [9.17, 15) is 14.7 Å². The van der Waals surface area contributed by atoms with Crippen LogP contribution in [0.3, 0.4) is 0 Å². The molecule has 2 atom stereocenters. The highest BCUT2D eigenvalue weighted by atomic mass is 16.6.